The van der Waals surface area contributed by atoms with Crippen LogP contribution in [0.5, 0.6) is 0 Å². The summed E-state index contributed by atoms with van der Waals surface area (Å²) in [5, 5.41) is 6.18. The van der Waals surface area contributed by atoms with Gasteiger partial charge in [-0.25, -0.2) is 0 Å². The first-order valence-electron chi connectivity index (χ1n) is 5.23. The molecule has 6 heteroatoms. The number of carbonyl (C=O) groups excluding carboxylic acids is 1. The van der Waals surface area contributed by atoms with Crippen LogP contribution in [0.1, 0.15) is 50.2 Å². The first kappa shape index (κ1) is 12.6. The topological polar surface area (TPSA) is 94.0 Å². The second-order valence-corrected chi connectivity index (χ2v) is 4.66. The molecule has 90 valence electrons. The summed E-state index contributed by atoms with van der Waals surface area (Å²) in [5.74, 6) is -0.0380. The van der Waals surface area contributed by atoms with Crippen molar-refractivity contribution in [3.05, 3.63) is 11.7 Å². The van der Waals surface area contributed by atoms with Crippen LogP contribution in [0.2, 0.25) is 0 Å². The number of nitrogens with zero attached hydrogens (tertiary/aromatic N) is 2. The number of aromatic nitrogens is 2. The molecule has 1 aromatic heterocycles. The van der Waals surface area contributed by atoms with Crippen LogP contribution in [0.3, 0.4) is 0 Å². The van der Waals surface area contributed by atoms with Crippen LogP contribution in [0.4, 0.5) is 0 Å². The van der Waals surface area contributed by atoms with E-state index in [2.05, 4.69) is 15.5 Å². The Kier molecular flexibility index (Phi) is 3.64. The third-order valence-corrected chi connectivity index (χ3v) is 2.18. The minimum absolute atomic E-state index is 0.0246. The van der Waals surface area contributed by atoms with Crippen LogP contribution in [-0.4, -0.2) is 22.6 Å². The number of hydrogen-bond donors (Lipinski definition) is 2. The van der Waals surface area contributed by atoms with E-state index in [4.69, 9.17) is 10.3 Å². The van der Waals surface area contributed by atoms with Gasteiger partial charge in [0.15, 0.2) is 0 Å². The molecular weight excluding hydrogens is 208 g/mol. The summed E-state index contributed by atoms with van der Waals surface area (Å²) >= 11 is 0. The molecule has 1 aromatic rings. The molecule has 0 saturated carbocycles. The predicted octanol–water partition coefficient (Wildman–Crippen LogP) is 0.865. The molecule has 0 fully saturated rings. The van der Waals surface area contributed by atoms with Crippen LogP contribution in [0.25, 0.3) is 0 Å². The molecule has 1 amide bonds. The monoisotopic (exact) mass is 226 g/mol. The van der Waals surface area contributed by atoms with Gasteiger partial charge in [-0.15, -0.1) is 0 Å². The molecule has 0 aliphatic rings. The second kappa shape index (κ2) is 4.61. The number of carbonyl (C=O) groups is 1. The fourth-order valence-electron chi connectivity index (χ4n) is 1.06. The van der Waals surface area contributed by atoms with Crippen molar-refractivity contribution in [2.45, 2.75) is 33.7 Å². The third-order valence-electron chi connectivity index (χ3n) is 2.18. The molecule has 0 bridgehead atoms. The van der Waals surface area contributed by atoms with Crippen molar-refractivity contribution in [3.8, 4) is 0 Å². The molecule has 1 rings (SSSR count). The zero-order valence-electron chi connectivity index (χ0n) is 10.1. The lowest BCUT2D eigenvalue weighted by Gasteiger charge is -2.23. The fraction of sp³-hybridized carbons (Fsp3) is 0.700. The summed E-state index contributed by atoms with van der Waals surface area (Å²) in [6, 6.07) is -0.386. The molecule has 0 spiro atoms. The van der Waals surface area contributed by atoms with Gasteiger partial charge in [0.05, 0.1) is 6.04 Å². The summed E-state index contributed by atoms with van der Waals surface area (Å²) in [5.41, 5.74) is 5.74. The number of nitrogens with two attached hydrogens (primary N) is 1. The minimum Gasteiger partial charge on any atom is -0.349 e. The lowest BCUT2D eigenvalue weighted by molar-refractivity contribution is 0.0942. The standard InChI is InChI=1S/C10H18N4O2/c1-5-12-8(15)7-13-9(16-14-7)6(11)10(2,3)4/h6H,5,11H2,1-4H3,(H,12,15)/t6-/m1/s1. The molecule has 0 unspecified atom stereocenters. The van der Waals surface area contributed by atoms with Crippen molar-refractivity contribution < 1.29 is 9.32 Å². The maximum atomic E-state index is 11.4. The molecule has 16 heavy (non-hydrogen) atoms. The minimum atomic E-state index is -0.386. The number of nitrogens with one attached hydrogen (secondary N) is 1. The van der Waals surface area contributed by atoms with Crippen molar-refractivity contribution in [1.82, 2.24) is 15.5 Å². The van der Waals surface area contributed by atoms with Gasteiger partial charge < -0.3 is 15.6 Å². The lowest BCUT2D eigenvalue weighted by Crippen LogP contribution is -2.27. The molecule has 6 nitrogen and oxygen atoms in total. The molecule has 1 heterocycles. The normalized spacial score (nSPS) is 13.6. The largest absolute Gasteiger partial charge is 0.349 e. The summed E-state index contributed by atoms with van der Waals surface area (Å²) < 4.78 is 4.97. The highest BCUT2D eigenvalue weighted by Crippen LogP contribution is 2.28. The van der Waals surface area contributed by atoms with Crippen molar-refractivity contribution in [3.63, 3.8) is 0 Å². The van der Waals surface area contributed by atoms with Gasteiger partial charge in [-0.05, 0) is 12.3 Å². The Morgan fingerprint density at radius 2 is 2.19 bits per heavy atom. The van der Waals surface area contributed by atoms with E-state index in [9.17, 15) is 4.79 Å². The van der Waals surface area contributed by atoms with Gasteiger partial charge in [-0.3, -0.25) is 4.79 Å². The lowest BCUT2D eigenvalue weighted by atomic mass is 9.87. The van der Waals surface area contributed by atoms with Crippen LogP contribution < -0.4 is 11.1 Å². The molecule has 0 aliphatic carbocycles. The number of rotatable bonds is 3. The average molecular weight is 226 g/mol. The summed E-state index contributed by atoms with van der Waals surface area (Å²) in [6.07, 6.45) is 0. The summed E-state index contributed by atoms with van der Waals surface area (Å²) in [4.78, 5) is 15.4. The van der Waals surface area contributed by atoms with E-state index in [0.717, 1.165) is 0 Å². The van der Waals surface area contributed by atoms with Crippen molar-refractivity contribution >= 4 is 5.91 Å². The Bertz CT molecular complexity index is 367. The van der Waals surface area contributed by atoms with E-state index in [-0.39, 0.29) is 29.1 Å². The Balaban J connectivity index is 2.83. The van der Waals surface area contributed by atoms with Crippen molar-refractivity contribution in [2.24, 2.45) is 11.1 Å². The maximum absolute atomic E-state index is 11.4. The number of amides is 1. The van der Waals surface area contributed by atoms with Gasteiger partial charge in [0, 0.05) is 6.54 Å². The average Bonchev–Trinajstić information content (AvgIpc) is 2.64. The molecule has 0 radical (unpaired) electrons. The van der Waals surface area contributed by atoms with E-state index in [1.807, 2.05) is 27.7 Å². The summed E-state index contributed by atoms with van der Waals surface area (Å²) in [6.45, 7) is 8.24. The van der Waals surface area contributed by atoms with Gasteiger partial charge in [0.1, 0.15) is 0 Å². The van der Waals surface area contributed by atoms with Crippen molar-refractivity contribution in [2.75, 3.05) is 6.54 Å². The highest BCUT2D eigenvalue weighted by molar-refractivity contribution is 5.90. The third kappa shape index (κ3) is 2.79. The molecular formula is C10H18N4O2. The van der Waals surface area contributed by atoms with Crippen molar-refractivity contribution in [1.29, 1.82) is 0 Å². The maximum Gasteiger partial charge on any atom is 0.292 e. The van der Waals surface area contributed by atoms with Crippen LogP contribution in [0.15, 0.2) is 4.52 Å². The van der Waals surface area contributed by atoms with E-state index in [1.54, 1.807) is 0 Å². The molecule has 0 saturated heterocycles. The van der Waals surface area contributed by atoms with Crippen LogP contribution in [0, 0.1) is 5.41 Å². The molecule has 3 N–H and O–H groups in total. The second-order valence-electron chi connectivity index (χ2n) is 4.66. The SMILES string of the molecule is CCNC(=O)c1noc([C@@H](N)C(C)(C)C)n1. The zero-order valence-corrected chi connectivity index (χ0v) is 10.1. The quantitative estimate of drug-likeness (QED) is 0.797. The van der Waals surface area contributed by atoms with E-state index in [1.165, 1.54) is 0 Å². The highest BCUT2D eigenvalue weighted by Gasteiger charge is 2.28. The predicted molar refractivity (Wildman–Crippen MR) is 58.7 cm³/mol. The van der Waals surface area contributed by atoms with Gasteiger partial charge in [0.25, 0.3) is 11.7 Å². The fourth-order valence-corrected chi connectivity index (χ4v) is 1.06. The Hall–Kier alpha value is -1.43. The Labute approximate surface area is 94.6 Å². The van der Waals surface area contributed by atoms with Gasteiger partial charge in [-0.1, -0.05) is 25.9 Å². The Morgan fingerprint density at radius 1 is 1.56 bits per heavy atom. The highest BCUT2D eigenvalue weighted by atomic mass is 16.5. The summed E-state index contributed by atoms with van der Waals surface area (Å²) in [7, 11) is 0. The first-order chi connectivity index (χ1) is 7.36. The van der Waals surface area contributed by atoms with E-state index >= 15 is 0 Å². The zero-order chi connectivity index (χ0) is 12.3. The number of hydrogen-bond acceptors (Lipinski definition) is 5. The Morgan fingerprint density at radius 3 is 2.69 bits per heavy atom. The van der Waals surface area contributed by atoms with Gasteiger partial charge in [0.2, 0.25) is 5.89 Å². The van der Waals surface area contributed by atoms with Gasteiger partial charge in [-0.2, -0.15) is 4.98 Å². The molecule has 0 aromatic carbocycles. The van der Waals surface area contributed by atoms with Gasteiger partial charge >= 0.3 is 0 Å². The van der Waals surface area contributed by atoms with E-state index < -0.39 is 0 Å². The molecule has 0 aliphatic heterocycles. The van der Waals surface area contributed by atoms with Crippen LogP contribution in [-0.2, 0) is 0 Å². The molecule has 1 atom stereocenters. The first-order valence-corrected chi connectivity index (χ1v) is 5.23. The van der Waals surface area contributed by atoms with E-state index in [0.29, 0.717) is 6.54 Å². The smallest absolute Gasteiger partial charge is 0.292 e. The van der Waals surface area contributed by atoms with Crippen LogP contribution >= 0.6 is 0 Å².